The number of thiazole rings is 1. The van der Waals surface area contributed by atoms with Gasteiger partial charge in [0.05, 0.1) is 17.5 Å². The number of carboxylic acids is 1. The Labute approximate surface area is 222 Å². The molecule has 0 saturated carbocycles. The summed E-state index contributed by atoms with van der Waals surface area (Å²) in [5, 5.41) is 19.2. The number of carbonyl (C=O) groups is 2. The van der Waals surface area contributed by atoms with E-state index in [-0.39, 0.29) is 11.5 Å². The topological polar surface area (TPSA) is 117 Å². The number of nitrogens with one attached hydrogen (secondary N) is 2. The first-order valence-corrected chi connectivity index (χ1v) is 12.5. The summed E-state index contributed by atoms with van der Waals surface area (Å²) in [7, 11) is 0. The van der Waals surface area contributed by atoms with Crippen molar-refractivity contribution < 1.29 is 19.1 Å². The molecule has 0 saturated heterocycles. The van der Waals surface area contributed by atoms with Gasteiger partial charge in [-0.25, -0.2) is 15.2 Å². The summed E-state index contributed by atoms with van der Waals surface area (Å²) >= 11 is 1.51. The quantitative estimate of drug-likeness (QED) is 0.156. The van der Waals surface area contributed by atoms with Gasteiger partial charge in [-0.3, -0.25) is 4.79 Å². The molecule has 0 unspecified atom stereocenters. The molecular weight excluding hydrogens is 500 g/mol. The van der Waals surface area contributed by atoms with E-state index < -0.39 is 5.97 Å². The zero-order chi connectivity index (χ0) is 26.5. The Balaban J connectivity index is 1.18. The molecule has 0 atom stereocenters. The van der Waals surface area contributed by atoms with Crippen LogP contribution in [0.2, 0.25) is 0 Å². The third-order valence-corrected chi connectivity index (χ3v) is 6.39. The Kier molecular flexibility index (Phi) is 7.10. The molecule has 0 aliphatic heterocycles. The van der Waals surface area contributed by atoms with Crippen LogP contribution in [0.15, 0.2) is 99.8 Å². The fraction of sp³-hybridized carbons (Fsp3) is 0.0345. The number of hydrogen-bond acceptors (Lipinski definition) is 7. The lowest BCUT2D eigenvalue weighted by molar-refractivity contribution is 0.0696. The fourth-order valence-electron chi connectivity index (χ4n) is 3.62. The third kappa shape index (κ3) is 5.85. The van der Waals surface area contributed by atoms with Crippen molar-refractivity contribution in [1.29, 1.82) is 0 Å². The predicted octanol–water partition coefficient (Wildman–Crippen LogP) is 6.58. The number of aromatic nitrogens is 1. The van der Waals surface area contributed by atoms with Gasteiger partial charge in [0.15, 0.2) is 5.13 Å². The SMILES string of the molecule is Cc1ccc(Nc2nc(-c3ccc(C(=O)N/N=C\c4ccc(-c5cccc(C(=O)O)c5)o4)cc3)cs2)cc1. The number of aryl methyl sites for hydroxylation is 1. The lowest BCUT2D eigenvalue weighted by Crippen LogP contribution is -2.17. The maximum Gasteiger partial charge on any atom is 0.335 e. The molecule has 3 N–H and O–H groups in total. The average Bonchev–Trinajstić information content (AvgIpc) is 3.60. The van der Waals surface area contributed by atoms with Crippen molar-refractivity contribution in [3.05, 3.63) is 113 Å². The lowest BCUT2D eigenvalue weighted by atomic mass is 10.1. The normalized spacial score (nSPS) is 11.0. The minimum Gasteiger partial charge on any atom is -0.478 e. The molecule has 5 rings (SSSR count). The summed E-state index contributed by atoms with van der Waals surface area (Å²) in [5.41, 5.74) is 7.62. The molecule has 5 aromatic rings. The van der Waals surface area contributed by atoms with Gasteiger partial charge in [-0.05, 0) is 55.5 Å². The van der Waals surface area contributed by atoms with Crippen LogP contribution >= 0.6 is 11.3 Å². The van der Waals surface area contributed by atoms with E-state index in [9.17, 15) is 9.59 Å². The van der Waals surface area contributed by atoms with E-state index in [4.69, 9.17) is 9.52 Å². The van der Waals surface area contributed by atoms with Gasteiger partial charge in [-0.2, -0.15) is 5.10 Å². The number of hydrazone groups is 1. The molecule has 38 heavy (non-hydrogen) atoms. The maximum atomic E-state index is 12.5. The summed E-state index contributed by atoms with van der Waals surface area (Å²) in [6.45, 7) is 2.04. The minimum absolute atomic E-state index is 0.168. The number of anilines is 2. The highest BCUT2D eigenvalue weighted by Crippen LogP contribution is 2.27. The number of carboxylic acid groups (broad SMARTS) is 1. The molecule has 1 amide bonds. The monoisotopic (exact) mass is 522 g/mol. The van der Waals surface area contributed by atoms with Gasteiger partial charge in [0.1, 0.15) is 11.5 Å². The van der Waals surface area contributed by atoms with Crippen LogP contribution in [0.25, 0.3) is 22.6 Å². The Morgan fingerprint density at radius 1 is 0.947 bits per heavy atom. The fourth-order valence-corrected chi connectivity index (χ4v) is 4.36. The summed E-state index contributed by atoms with van der Waals surface area (Å²) < 4.78 is 5.70. The van der Waals surface area contributed by atoms with Crippen LogP contribution in [0.4, 0.5) is 10.8 Å². The zero-order valence-corrected chi connectivity index (χ0v) is 21.0. The first-order valence-electron chi connectivity index (χ1n) is 11.6. The van der Waals surface area contributed by atoms with E-state index in [2.05, 4.69) is 20.8 Å². The summed E-state index contributed by atoms with van der Waals surface area (Å²) in [5.74, 6) is -0.471. The van der Waals surface area contributed by atoms with E-state index >= 15 is 0 Å². The maximum absolute atomic E-state index is 12.5. The van der Waals surface area contributed by atoms with Gasteiger partial charge in [0.2, 0.25) is 0 Å². The van der Waals surface area contributed by atoms with Crippen LogP contribution in [0, 0.1) is 6.92 Å². The first kappa shape index (κ1) is 24.7. The van der Waals surface area contributed by atoms with Crippen LogP contribution in [-0.2, 0) is 0 Å². The van der Waals surface area contributed by atoms with Crippen molar-refractivity contribution in [2.24, 2.45) is 5.10 Å². The second-order valence-electron chi connectivity index (χ2n) is 8.39. The number of carbonyl (C=O) groups excluding carboxylic acids is 1. The van der Waals surface area contributed by atoms with Crippen LogP contribution in [0.5, 0.6) is 0 Å². The van der Waals surface area contributed by atoms with E-state index in [0.717, 1.165) is 22.1 Å². The highest BCUT2D eigenvalue weighted by atomic mass is 32.1. The molecule has 3 aromatic carbocycles. The number of hydrogen-bond donors (Lipinski definition) is 3. The predicted molar refractivity (Wildman–Crippen MR) is 148 cm³/mol. The Bertz CT molecular complexity index is 1620. The molecule has 0 aliphatic rings. The van der Waals surface area contributed by atoms with Crippen molar-refractivity contribution in [1.82, 2.24) is 10.4 Å². The van der Waals surface area contributed by atoms with E-state index in [0.29, 0.717) is 22.6 Å². The van der Waals surface area contributed by atoms with Gasteiger partial charge in [0, 0.05) is 27.8 Å². The van der Waals surface area contributed by atoms with E-state index in [1.54, 1.807) is 36.4 Å². The minimum atomic E-state index is -1.01. The summed E-state index contributed by atoms with van der Waals surface area (Å²) in [6, 6.07) is 25.1. The lowest BCUT2D eigenvalue weighted by Gasteiger charge is -2.03. The molecule has 8 nitrogen and oxygen atoms in total. The molecule has 9 heteroatoms. The molecule has 188 valence electrons. The largest absolute Gasteiger partial charge is 0.478 e. The zero-order valence-electron chi connectivity index (χ0n) is 20.2. The van der Waals surface area contributed by atoms with Crippen molar-refractivity contribution >= 4 is 40.2 Å². The number of rotatable bonds is 8. The molecular formula is C29H22N4O4S. The first-order chi connectivity index (χ1) is 18.4. The Morgan fingerprint density at radius 3 is 2.50 bits per heavy atom. The van der Waals surface area contributed by atoms with Gasteiger partial charge < -0.3 is 14.8 Å². The van der Waals surface area contributed by atoms with Crippen LogP contribution in [-0.4, -0.2) is 28.2 Å². The summed E-state index contributed by atoms with van der Waals surface area (Å²) in [4.78, 5) is 28.3. The van der Waals surface area contributed by atoms with Crippen LogP contribution < -0.4 is 10.7 Å². The molecule has 2 heterocycles. The smallest absolute Gasteiger partial charge is 0.335 e. The standard InChI is InChI=1S/C29H22N4O4S/c1-18-5-11-23(12-6-18)31-29-32-25(17-38-29)19-7-9-20(10-8-19)27(34)33-30-16-24-13-14-26(37-24)21-3-2-4-22(15-21)28(35)36/h2-17H,1H3,(H,31,32)(H,33,34)(H,35,36)/b30-16-. The number of nitrogens with zero attached hydrogens (tertiary/aromatic N) is 2. The number of benzene rings is 3. The third-order valence-electron chi connectivity index (χ3n) is 5.63. The van der Waals surface area contributed by atoms with Crippen LogP contribution in [0.1, 0.15) is 32.0 Å². The highest BCUT2D eigenvalue weighted by molar-refractivity contribution is 7.14. The van der Waals surface area contributed by atoms with Crippen LogP contribution in [0.3, 0.4) is 0 Å². The number of furan rings is 1. The van der Waals surface area contributed by atoms with Crippen molar-refractivity contribution in [3.63, 3.8) is 0 Å². The molecule has 0 radical (unpaired) electrons. The van der Waals surface area contributed by atoms with Gasteiger partial charge in [0.25, 0.3) is 5.91 Å². The molecule has 0 fully saturated rings. The average molecular weight is 523 g/mol. The number of aromatic carboxylic acids is 1. The Morgan fingerprint density at radius 2 is 1.74 bits per heavy atom. The van der Waals surface area contributed by atoms with Gasteiger partial charge in [-0.15, -0.1) is 11.3 Å². The van der Waals surface area contributed by atoms with E-state index in [1.165, 1.54) is 35.2 Å². The second-order valence-corrected chi connectivity index (χ2v) is 9.25. The molecule has 0 aliphatic carbocycles. The van der Waals surface area contributed by atoms with Crippen molar-refractivity contribution in [3.8, 4) is 22.6 Å². The molecule has 0 bridgehead atoms. The second kappa shape index (κ2) is 10.9. The van der Waals surface area contributed by atoms with Gasteiger partial charge in [-0.1, -0.05) is 42.0 Å². The molecule has 2 aromatic heterocycles. The van der Waals surface area contributed by atoms with Crippen molar-refractivity contribution in [2.75, 3.05) is 5.32 Å². The van der Waals surface area contributed by atoms with Crippen molar-refractivity contribution in [2.45, 2.75) is 6.92 Å². The van der Waals surface area contributed by atoms with Gasteiger partial charge >= 0.3 is 5.97 Å². The summed E-state index contributed by atoms with van der Waals surface area (Å²) in [6.07, 6.45) is 1.38. The molecule has 0 spiro atoms. The van der Waals surface area contributed by atoms with E-state index in [1.807, 2.05) is 48.7 Å². The highest BCUT2D eigenvalue weighted by Gasteiger charge is 2.10. The Hall–Kier alpha value is -5.02. The number of amides is 1.